The number of ether oxygens (including phenoxy) is 1. The first-order chi connectivity index (χ1) is 16.8. The van der Waals surface area contributed by atoms with Crippen molar-refractivity contribution >= 4 is 39.8 Å². The molecule has 0 radical (unpaired) electrons. The molecule has 3 heterocycles. The summed E-state index contributed by atoms with van der Waals surface area (Å²) in [6.45, 7) is 7.55. The second-order valence-corrected chi connectivity index (χ2v) is 9.92. The van der Waals surface area contributed by atoms with Gasteiger partial charge in [-0.1, -0.05) is 48.5 Å². The summed E-state index contributed by atoms with van der Waals surface area (Å²) in [6, 6.07) is 16.8. The van der Waals surface area contributed by atoms with Crippen LogP contribution in [0.15, 0.2) is 54.6 Å². The first kappa shape index (κ1) is 23.3. The number of hydroxylamine groups is 1. The van der Waals surface area contributed by atoms with Gasteiger partial charge in [-0.15, -0.1) is 11.3 Å². The third-order valence-corrected chi connectivity index (χ3v) is 7.85. The fourth-order valence-corrected chi connectivity index (χ4v) is 5.99. The lowest BCUT2D eigenvalue weighted by molar-refractivity contribution is -0.126. The number of rotatable bonds is 5. The minimum atomic E-state index is -0.995. The molecule has 0 spiro atoms. The van der Waals surface area contributed by atoms with Crippen molar-refractivity contribution in [3.05, 3.63) is 81.7 Å². The average Bonchev–Trinajstić information content (AvgIpc) is 3.45. The molecule has 180 valence electrons. The summed E-state index contributed by atoms with van der Waals surface area (Å²) >= 11 is 1.25. The molecule has 2 fully saturated rings. The van der Waals surface area contributed by atoms with Crippen molar-refractivity contribution in [2.24, 2.45) is 5.92 Å². The van der Waals surface area contributed by atoms with Crippen LogP contribution in [-0.4, -0.2) is 30.5 Å². The number of fused-ring (bicyclic) bond motifs is 1. The van der Waals surface area contributed by atoms with Crippen molar-refractivity contribution in [1.82, 2.24) is 0 Å². The Kier molecular flexibility index (Phi) is 5.94. The Bertz CT molecular complexity index is 1320. The first-order valence-electron chi connectivity index (χ1n) is 11.6. The molecule has 2 amide bonds. The van der Waals surface area contributed by atoms with E-state index in [1.54, 1.807) is 18.9 Å². The van der Waals surface area contributed by atoms with E-state index in [9.17, 15) is 14.4 Å². The normalized spacial score (nSPS) is 21.5. The standard InChI is InChI=1S/C27H26N2O5S/c1-5-33-27(32)20-16(3)17(4)35-26(20)28-24(30)21-22(18-12-7-6-8-13-18)29(34-23(21)25(28)31)19-14-10-9-11-15(19)2/h6-14,21-23H,5H2,1-4H3/t21-,22+,23+/m0/s1. The molecule has 0 saturated carbocycles. The van der Waals surface area contributed by atoms with Crippen LogP contribution < -0.4 is 9.96 Å². The van der Waals surface area contributed by atoms with Gasteiger partial charge in [-0.05, 0) is 50.5 Å². The molecule has 8 heteroatoms. The number of nitrogens with zero attached hydrogens (tertiary/aromatic N) is 2. The summed E-state index contributed by atoms with van der Waals surface area (Å²) in [5.41, 5.74) is 3.62. The van der Waals surface area contributed by atoms with E-state index in [1.165, 1.54) is 11.3 Å². The Balaban J connectivity index is 1.60. The van der Waals surface area contributed by atoms with Crippen LogP contribution in [0.3, 0.4) is 0 Å². The van der Waals surface area contributed by atoms with Gasteiger partial charge in [0.1, 0.15) is 10.9 Å². The zero-order chi connectivity index (χ0) is 24.9. The zero-order valence-corrected chi connectivity index (χ0v) is 20.8. The SMILES string of the molecule is CCOC(=O)c1c(N2C(=O)[C@H]3[C@@H](c4ccccc4)N(c4ccccc4C)O[C@H]3C2=O)sc(C)c1C. The molecule has 2 aromatic carbocycles. The van der Waals surface area contributed by atoms with Gasteiger partial charge in [0.05, 0.1) is 23.9 Å². The van der Waals surface area contributed by atoms with Crippen molar-refractivity contribution < 1.29 is 24.0 Å². The Morgan fingerprint density at radius 2 is 1.69 bits per heavy atom. The van der Waals surface area contributed by atoms with E-state index in [0.717, 1.165) is 26.6 Å². The lowest BCUT2D eigenvalue weighted by Crippen LogP contribution is -2.38. The predicted octanol–water partition coefficient (Wildman–Crippen LogP) is 4.90. The minimum absolute atomic E-state index is 0.199. The van der Waals surface area contributed by atoms with E-state index < -0.39 is 29.9 Å². The molecule has 7 nitrogen and oxygen atoms in total. The third kappa shape index (κ3) is 3.64. The second-order valence-electron chi connectivity index (χ2n) is 8.72. The number of aryl methyl sites for hydroxylation is 2. The molecule has 0 unspecified atom stereocenters. The van der Waals surface area contributed by atoms with Crippen LogP contribution in [0.1, 0.15) is 44.9 Å². The Morgan fingerprint density at radius 3 is 2.37 bits per heavy atom. The second kappa shape index (κ2) is 8.94. The predicted molar refractivity (Wildman–Crippen MR) is 133 cm³/mol. The lowest BCUT2D eigenvalue weighted by atomic mass is 9.90. The van der Waals surface area contributed by atoms with Crippen LogP contribution in [0, 0.1) is 26.7 Å². The van der Waals surface area contributed by atoms with Gasteiger partial charge in [-0.2, -0.15) is 0 Å². The minimum Gasteiger partial charge on any atom is -0.462 e. The summed E-state index contributed by atoms with van der Waals surface area (Å²) in [5.74, 6) is -2.15. The number of amides is 2. The van der Waals surface area contributed by atoms with Crippen LogP contribution in [-0.2, 0) is 19.2 Å². The molecule has 1 aromatic heterocycles. The van der Waals surface area contributed by atoms with Crippen molar-refractivity contribution in [2.75, 3.05) is 16.6 Å². The zero-order valence-electron chi connectivity index (χ0n) is 20.0. The van der Waals surface area contributed by atoms with E-state index in [1.807, 2.05) is 68.4 Å². The summed E-state index contributed by atoms with van der Waals surface area (Å²) in [7, 11) is 0. The highest BCUT2D eigenvalue weighted by atomic mass is 32.1. The van der Waals surface area contributed by atoms with E-state index in [2.05, 4.69) is 0 Å². The summed E-state index contributed by atoms with van der Waals surface area (Å²) in [4.78, 5) is 48.7. The number of thiophene rings is 1. The molecule has 3 aromatic rings. The number of para-hydroxylation sites is 1. The quantitative estimate of drug-likeness (QED) is 0.374. The number of imide groups is 1. The molecule has 35 heavy (non-hydrogen) atoms. The van der Waals surface area contributed by atoms with Gasteiger partial charge in [0.25, 0.3) is 5.91 Å². The highest BCUT2D eigenvalue weighted by molar-refractivity contribution is 7.17. The number of carbonyl (C=O) groups is 3. The molecule has 0 bridgehead atoms. The van der Waals surface area contributed by atoms with Gasteiger partial charge >= 0.3 is 5.97 Å². The van der Waals surface area contributed by atoms with Crippen LogP contribution in [0.25, 0.3) is 0 Å². The smallest absolute Gasteiger partial charge is 0.341 e. The maximum atomic E-state index is 13.9. The Morgan fingerprint density at radius 1 is 1.00 bits per heavy atom. The van der Waals surface area contributed by atoms with E-state index in [4.69, 9.17) is 9.57 Å². The van der Waals surface area contributed by atoms with Gasteiger partial charge in [0, 0.05) is 4.88 Å². The lowest BCUT2D eigenvalue weighted by Gasteiger charge is -2.29. The Hall–Kier alpha value is -3.49. The van der Waals surface area contributed by atoms with Crippen LogP contribution in [0.5, 0.6) is 0 Å². The maximum absolute atomic E-state index is 13.9. The number of carbonyl (C=O) groups excluding carboxylic acids is 3. The van der Waals surface area contributed by atoms with E-state index in [-0.39, 0.29) is 18.1 Å². The van der Waals surface area contributed by atoms with E-state index in [0.29, 0.717) is 10.6 Å². The van der Waals surface area contributed by atoms with Gasteiger partial charge in [0.2, 0.25) is 5.91 Å². The van der Waals surface area contributed by atoms with Gasteiger partial charge < -0.3 is 4.74 Å². The molecule has 2 saturated heterocycles. The summed E-state index contributed by atoms with van der Waals surface area (Å²) in [6.07, 6.45) is -0.995. The van der Waals surface area contributed by atoms with Crippen LogP contribution in [0.2, 0.25) is 0 Å². The number of esters is 1. The van der Waals surface area contributed by atoms with Gasteiger partial charge in [-0.3, -0.25) is 14.4 Å². The molecule has 0 aliphatic carbocycles. The van der Waals surface area contributed by atoms with Crippen molar-refractivity contribution in [3.8, 4) is 0 Å². The molecular weight excluding hydrogens is 464 g/mol. The topological polar surface area (TPSA) is 76.2 Å². The fourth-order valence-electron chi connectivity index (χ4n) is 4.83. The van der Waals surface area contributed by atoms with E-state index >= 15 is 0 Å². The fraction of sp³-hybridized carbons (Fsp3) is 0.296. The molecule has 2 aliphatic rings. The number of hydrogen-bond donors (Lipinski definition) is 0. The molecule has 2 aliphatic heterocycles. The van der Waals surface area contributed by atoms with Crippen molar-refractivity contribution in [2.45, 2.75) is 39.8 Å². The Labute approximate surface area is 207 Å². The van der Waals surface area contributed by atoms with Crippen LogP contribution >= 0.6 is 11.3 Å². The highest BCUT2D eigenvalue weighted by Crippen LogP contribution is 2.50. The number of anilines is 2. The monoisotopic (exact) mass is 490 g/mol. The summed E-state index contributed by atoms with van der Waals surface area (Å²) in [5, 5.41) is 2.00. The van der Waals surface area contributed by atoms with Gasteiger partial charge in [-0.25, -0.2) is 14.8 Å². The van der Waals surface area contributed by atoms with Crippen molar-refractivity contribution in [3.63, 3.8) is 0 Å². The molecular formula is C27H26N2O5S. The highest BCUT2D eigenvalue weighted by Gasteiger charge is 2.61. The maximum Gasteiger partial charge on any atom is 0.341 e. The molecule has 5 rings (SSSR count). The van der Waals surface area contributed by atoms with Gasteiger partial charge in [0.15, 0.2) is 6.10 Å². The molecule has 3 atom stereocenters. The first-order valence-corrected chi connectivity index (χ1v) is 12.4. The third-order valence-electron chi connectivity index (χ3n) is 6.66. The largest absolute Gasteiger partial charge is 0.462 e. The van der Waals surface area contributed by atoms with Crippen LogP contribution in [0.4, 0.5) is 10.7 Å². The summed E-state index contributed by atoms with van der Waals surface area (Å²) < 4.78 is 5.24. The number of benzene rings is 2. The van der Waals surface area contributed by atoms with Crippen molar-refractivity contribution in [1.29, 1.82) is 0 Å². The average molecular weight is 491 g/mol. The molecule has 0 N–H and O–H groups in total. The number of hydrogen-bond acceptors (Lipinski definition) is 7.